The molecule has 1 N–H and O–H groups in total. The first-order valence-electron chi connectivity index (χ1n) is 6.62. The first-order chi connectivity index (χ1) is 8.63. The van der Waals surface area contributed by atoms with Gasteiger partial charge in [-0.05, 0) is 44.5 Å². The molecule has 2 rings (SSSR count). The minimum Gasteiger partial charge on any atom is -0.361 e. The lowest BCUT2D eigenvalue weighted by Gasteiger charge is -2.24. The molecule has 98 valence electrons. The number of aromatic amines is 1. The van der Waals surface area contributed by atoms with E-state index in [4.69, 9.17) is 0 Å². The second-order valence-corrected chi connectivity index (χ2v) is 4.95. The summed E-state index contributed by atoms with van der Waals surface area (Å²) in [5.74, 6) is -0.128. The van der Waals surface area contributed by atoms with E-state index in [1.807, 2.05) is 12.3 Å². The van der Waals surface area contributed by atoms with E-state index in [1.54, 1.807) is 6.07 Å². The molecule has 0 fully saturated rings. The number of rotatable bonds is 5. The van der Waals surface area contributed by atoms with Crippen molar-refractivity contribution in [2.75, 3.05) is 13.1 Å². The lowest BCUT2D eigenvalue weighted by Crippen LogP contribution is -2.32. The predicted octanol–water partition coefficient (Wildman–Crippen LogP) is 3.58. The number of fused-ring (bicyclic) bond motifs is 1. The monoisotopic (exact) mass is 248 g/mol. The number of nitrogens with zero attached hydrogens (tertiary/aromatic N) is 1. The fourth-order valence-corrected chi connectivity index (χ4v) is 2.45. The molecule has 0 atom stereocenters. The smallest absolute Gasteiger partial charge is 0.132 e. The Labute approximate surface area is 108 Å². The SMILES string of the molecule is CCN(CCc1c[nH]c2cccc(F)c12)C(C)C. The molecule has 3 heteroatoms. The number of nitrogens with one attached hydrogen (secondary N) is 1. The summed E-state index contributed by atoms with van der Waals surface area (Å²) in [6.07, 6.45) is 2.81. The first-order valence-corrected chi connectivity index (χ1v) is 6.62. The van der Waals surface area contributed by atoms with Gasteiger partial charge < -0.3 is 9.88 Å². The first kappa shape index (κ1) is 13.1. The third kappa shape index (κ3) is 2.56. The van der Waals surface area contributed by atoms with E-state index in [-0.39, 0.29) is 5.82 Å². The minimum absolute atomic E-state index is 0.128. The molecule has 1 aromatic heterocycles. The average Bonchev–Trinajstić information content (AvgIpc) is 2.74. The molecule has 2 aromatic rings. The Kier molecular flexibility index (Phi) is 4.02. The van der Waals surface area contributed by atoms with Crippen LogP contribution in [0.25, 0.3) is 10.9 Å². The van der Waals surface area contributed by atoms with E-state index in [1.165, 1.54) is 6.07 Å². The van der Waals surface area contributed by atoms with Crippen LogP contribution in [0.1, 0.15) is 26.3 Å². The van der Waals surface area contributed by atoms with Gasteiger partial charge in [0.2, 0.25) is 0 Å². The molecule has 0 amide bonds. The maximum absolute atomic E-state index is 13.8. The van der Waals surface area contributed by atoms with Gasteiger partial charge in [-0.3, -0.25) is 0 Å². The van der Waals surface area contributed by atoms with Crippen LogP contribution in [0.5, 0.6) is 0 Å². The van der Waals surface area contributed by atoms with E-state index < -0.39 is 0 Å². The largest absolute Gasteiger partial charge is 0.361 e. The average molecular weight is 248 g/mol. The predicted molar refractivity (Wildman–Crippen MR) is 74.3 cm³/mol. The summed E-state index contributed by atoms with van der Waals surface area (Å²) in [4.78, 5) is 5.53. The Morgan fingerprint density at radius 2 is 2.11 bits per heavy atom. The molecule has 0 radical (unpaired) electrons. The summed E-state index contributed by atoms with van der Waals surface area (Å²) < 4.78 is 13.8. The van der Waals surface area contributed by atoms with Crippen LogP contribution in [0.2, 0.25) is 0 Å². The summed E-state index contributed by atoms with van der Waals surface area (Å²) >= 11 is 0. The minimum atomic E-state index is -0.128. The molecular weight excluding hydrogens is 227 g/mol. The Balaban J connectivity index is 2.17. The number of benzene rings is 1. The van der Waals surface area contributed by atoms with Crippen LogP contribution in [0.4, 0.5) is 4.39 Å². The Hall–Kier alpha value is -1.35. The molecule has 0 spiro atoms. The summed E-state index contributed by atoms with van der Waals surface area (Å²) in [7, 11) is 0. The second-order valence-electron chi connectivity index (χ2n) is 4.95. The van der Waals surface area contributed by atoms with Crippen LogP contribution in [-0.4, -0.2) is 29.0 Å². The Bertz CT molecular complexity index is 516. The van der Waals surface area contributed by atoms with Crippen molar-refractivity contribution in [3.63, 3.8) is 0 Å². The van der Waals surface area contributed by atoms with Crippen molar-refractivity contribution in [2.24, 2.45) is 0 Å². The second kappa shape index (κ2) is 5.53. The molecule has 0 aliphatic heterocycles. The van der Waals surface area contributed by atoms with Crippen LogP contribution in [0.15, 0.2) is 24.4 Å². The molecule has 0 unspecified atom stereocenters. The molecule has 0 aliphatic rings. The van der Waals surface area contributed by atoms with Crippen molar-refractivity contribution < 1.29 is 4.39 Å². The third-order valence-corrected chi connectivity index (χ3v) is 3.54. The summed E-state index contributed by atoms with van der Waals surface area (Å²) in [5, 5.41) is 0.748. The van der Waals surface area contributed by atoms with E-state index in [2.05, 4.69) is 30.7 Å². The zero-order valence-corrected chi connectivity index (χ0v) is 11.3. The quantitative estimate of drug-likeness (QED) is 0.857. The third-order valence-electron chi connectivity index (χ3n) is 3.54. The summed E-state index contributed by atoms with van der Waals surface area (Å²) in [6, 6.07) is 5.72. The zero-order chi connectivity index (χ0) is 13.1. The Morgan fingerprint density at radius 1 is 1.33 bits per heavy atom. The van der Waals surface area contributed by atoms with Crippen LogP contribution in [-0.2, 0) is 6.42 Å². The molecule has 0 saturated heterocycles. The van der Waals surface area contributed by atoms with Gasteiger partial charge in [-0.25, -0.2) is 4.39 Å². The van der Waals surface area contributed by atoms with Crippen molar-refractivity contribution in [3.05, 3.63) is 35.8 Å². The highest BCUT2D eigenvalue weighted by atomic mass is 19.1. The molecule has 18 heavy (non-hydrogen) atoms. The lowest BCUT2D eigenvalue weighted by atomic mass is 10.1. The van der Waals surface area contributed by atoms with Crippen LogP contribution in [0.3, 0.4) is 0 Å². The fourth-order valence-electron chi connectivity index (χ4n) is 2.45. The molecule has 0 aliphatic carbocycles. The van der Waals surface area contributed by atoms with E-state index >= 15 is 0 Å². The number of likely N-dealkylation sites (N-methyl/N-ethyl adjacent to an activating group) is 1. The molecular formula is C15H21FN2. The van der Waals surface area contributed by atoms with Gasteiger partial charge in [0.15, 0.2) is 0 Å². The molecule has 1 aromatic carbocycles. The van der Waals surface area contributed by atoms with Gasteiger partial charge in [0, 0.05) is 29.7 Å². The summed E-state index contributed by atoms with van der Waals surface area (Å²) in [5.41, 5.74) is 1.96. The number of halogens is 1. The van der Waals surface area contributed by atoms with Gasteiger partial charge in [0.25, 0.3) is 0 Å². The molecule has 1 heterocycles. The van der Waals surface area contributed by atoms with Crippen LogP contribution in [0, 0.1) is 5.82 Å². The highest BCUT2D eigenvalue weighted by Crippen LogP contribution is 2.22. The fraction of sp³-hybridized carbons (Fsp3) is 0.467. The van der Waals surface area contributed by atoms with Gasteiger partial charge in [-0.2, -0.15) is 0 Å². The van der Waals surface area contributed by atoms with Gasteiger partial charge in [-0.15, -0.1) is 0 Å². The van der Waals surface area contributed by atoms with E-state index in [0.717, 1.165) is 36.0 Å². The normalized spacial score (nSPS) is 11.9. The van der Waals surface area contributed by atoms with Gasteiger partial charge >= 0.3 is 0 Å². The van der Waals surface area contributed by atoms with Crippen molar-refractivity contribution in [3.8, 4) is 0 Å². The van der Waals surface area contributed by atoms with Crippen molar-refractivity contribution in [2.45, 2.75) is 33.2 Å². The van der Waals surface area contributed by atoms with Crippen LogP contribution >= 0.6 is 0 Å². The van der Waals surface area contributed by atoms with Crippen molar-refractivity contribution in [1.82, 2.24) is 9.88 Å². The van der Waals surface area contributed by atoms with Crippen molar-refractivity contribution in [1.29, 1.82) is 0 Å². The summed E-state index contributed by atoms with van der Waals surface area (Å²) in [6.45, 7) is 8.55. The lowest BCUT2D eigenvalue weighted by molar-refractivity contribution is 0.237. The van der Waals surface area contributed by atoms with Gasteiger partial charge in [0.1, 0.15) is 5.82 Å². The standard InChI is InChI=1S/C15H21FN2/c1-4-18(11(2)3)9-8-12-10-17-14-7-5-6-13(16)15(12)14/h5-7,10-11,17H,4,8-9H2,1-3H3. The maximum atomic E-state index is 13.8. The van der Waals surface area contributed by atoms with E-state index in [9.17, 15) is 4.39 Å². The maximum Gasteiger partial charge on any atom is 0.132 e. The highest BCUT2D eigenvalue weighted by Gasteiger charge is 2.11. The molecule has 0 bridgehead atoms. The number of hydrogen-bond acceptors (Lipinski definition) is 1. The van der Waals surface area contributed by atoms with Gasteiger partial charge in [0.05, 0.1) is 0 Å². The topological polar surface area (TPSA) is 19.0 Å². The number of aromatic nitrogens is 1. The zero-order valence-electron chi connectivity index (χ0n) is 11.3. The Morgan fingerprint density at radius 3 is 2.78 bits per heavy atom. The molecule has 2 nitrogen and oxygen atoms in total. The number of hydrogen-bond donors (Lipinski definition) is 1. The van der Waals surface area contributed by atoms with Crippen molar-refractivity contribution >= 4 is 10.9 Å². The number of H-pyrrole nitrogens is 1. The molecule has 0 saturated carbocycles. The van der Waals surface area contributed by atoms with E-state index in [0.29, 0.717) is 6.04 Å². The van der Waals surface area contributed by atoms with Crippen LogP contribution < -0.4 is 0 Å². The highest BCUT2D eigenvalue weighted by molar-refractivity contribution is 5.83. The van der Waals surface area contributed by atoms with Gasteiger partial charge in [-0.1, -0.05) is 13.0 Å².